The third kappa shape index (κ3) is 68.5. The summed E-state index contributed by atoms with van der Waals surface area (Å²) in [4.78, 5) is 72.7. The number of phosphoric acid groups is 2. The molecule has 0 spiro atoms. The van der Waals surface area contributed by atoms with Crippen molar-refractivity contribution in [1.82, 2.24) is 0 Å². The number of unbranched alkanes of at least 4 members (excludes halogenated alkanes) is 29. The van der Waals surface area contributed by atoms with E-state index in [0.717, 1.165) is 135 Å². The number of aliphatic hydroxyl groups excluding tert-OH is 1. The van der Waals surface area contributed by atoms with Crippen molar-refractivity contribution in [3.63, 3.8) is 0 Å². The van der Waals surface area contributed by atoms with Crippen molar-refractivity contribution in [2.24, 2.45) is 0 Å². The van der Waals surface area contributed by atoms with E-state index in [0.29, 0.717) is 25.7 Å². The summed E-state index contributed by atoms with van der Waals surface area (Å²) in [5.74, 6) is -2.33. The van der Waals surface area contributed by atoms with Crippen LogP contribution < -0.4 is 0 Å². The number of phosphoric ester groups is 2. The molecular formula is C77H134O17P2. The van der Waals surface area contributed by atoms with Crippen molar-refractivity contribution in [2.75, 3.05) is 39.6 Å². The zero-order chi connectivity index (χ0) is 70.4. The van der Waals surface area contributed by atoms with E-state index in [4.69, 9.17) is 37.0 Å². The van der Waals surface area contributed by atoms with Gasteiger partial charge in [0.1, 0.15) is 19.3 Å². The fraction of sp³-hybridized carbons (Fsp3) is 0.740. The maximum atomic E-state index is 13.1. The van der Waals surface area contributed by atoms with Gasteiger partial charge in [-0.3, -0.25) is 37.3 Å². The Hall–Kier alpha value is -4.02. The van der Waals surface area contributed by atoms with Gasteiger partial charge in [-0.15, -0.1) is 0 Å². The SMILES string of the molecule is CC/C=C\C/C=C\C/C=C\C/C=C\C/C=C\CC(=O)OCC(COP(=O)(O)OCC(O)COP(=O)(O)OCC(COC(=O)CCCCCCCCCCCCCCCCC)OC(=O)CCCCCCC/C=C\C/C=C\CCC)OC(=O)CCCCCCC/C=C\CCCCCC. The fourth-order valence-corrected chi connectivity index (χ4v) is 11.4. The smallest absolute Gasteiger partial charge is 0.462 e. The summed E-state index contributed by atoms with van der Waals surface area (Å²) < 4.78 is 68.3. The Morgan fingerprint density at radius 2 is 0.604 bits per heavy atom. The molecule has 0 saturated carbocycles. The molecule has 17 nitrogen and oxygen atoms in total. The second-order valence-corrected chi connectivity index (χ2v) is 27.8. The van der Waals surface area contributed by atoms with Crippen LogP contribution in [0, 0.1) is 0 Å². The van der Waals surface area contributed by atoms with Gasteiger partial charge < -0.3 is 33.8 Å². The number of esters is 4. The molecule has 0 aromatic rings. The van der Waals surface area contributed by atoms with Crippen LogP contribution in [0.2, 0.25) is 0 Å². The molecule has 19 heteroatoms. The minimum Gasteiger partial charge on any atom is -0.462 e. The molecule has 96 heavy (non-hydrogen) atoms. The third-order valence-electron chi connectivity index (χ3n) is 15.5. The van der Waals surface area contributed by atoms with Gasteiger partial charge in [0.15, 0.2) is 12.2 Å². The largest absolute Gasteiger partial charge is 0.472 e. The number of rotatable bonds is 70. The molecule has 0 heterocycles. The molecule has 0 aliphatic rings. The summed E-state index contributed by atoms with van der Waals surface area (Å²) in [5, 5.41) is 10.6. The van der Waals surface area contributed by atoms with E-state index in [9.17, 15) is 43.2 Å². The van der Waals surface area contributed by atoms with E-state index in [1.165, 1.54) is 96.3 Å². The molecule has 0 bridgehead atoms. The molecule has 0 rings (SSSR count). The quantitative estimate of drug-likeness (QED) is 0.0169. The lowest BCUT2D eigenvalue weighted by molar-refractivity contribution is -0.161. The first-order valence-corrected chi connectivity index (χ1v) is 40.5. The summed E-state index contributed by atoms with van der Waals surface area (Å²) >= 11 is 0. The highest BCUT2D eigenvalue weighted by Gasteiger charge is 2.30. The Labute approximate surface area is 582 Å². The number of ether oxygens (including phenoxy) is 4. The summed E-state index contributed by atoms with van der Waals surface area (Å²) in [6, 6.07) is 0. The van der Waals surface area contributed by atoms with Gasteiger partial charge in [0.05, 0.1) is 32.8 Å². The van der Waals surface area contributed by atoms with Crippen LogP contribution in [0.3, 0.4) is 0 Å². The Balaban J connectivity index is 5.39. The van der Waals surface area contributed by atoms with Crippen LogP contribution in [0.15, 0.2) is 97.2 Å². The summed E-state index contributed by atoms with van der Waals surface area (Å²) in [6.45, 7) is 4.56. The minimum absolute atomic E-state index is 0.0653. The van der Waals surface area contributed by atoms with E-state index in [-0.39, 0.29) is 25.7 Å². The highest BCUT2D eigenvalue weighted by atomic mass is 31.2. The molecule has 0 fully saturated rings. The maximum Gasteiger partial charge on any atom is 0.472 e. The van der Waals surface area contributed by atoms with Gasteiger partial charge in [0.25, 0.3) is 0 Å². The van der Waals surface area contributed by atoms with E-state index in [1.807, 2.05) is 18.2 Å². The van der Waals surface area contributed by atoms with Crippen LogP contribution in [0.5, 0.6) is 0 Å². The predicted octanol–water partition coefficient (Wildman–Crippen LogP) is 21.2. The van der Waals surface area contributed by atoms with Crippen molar-refractivity contribution in [3.8, 4) is 0 Å². The van der Waals surface area contributed by atoms with Crippen LogP contribution in [0.4, 0.5) is 0 Å². The van der Waals surface area contributed by atoms with Gasteiger partial charge in [-0.05, 0) is 103 Å². The van der Waals surface area contributed by atoms with Crippen LogP contribution >= 0.6 is 15.6 Å². The van der Waals surface area contributed by atoms with Gasteiger partial charge in [0, 0.05) is 19.3 Å². The first-order valence-electron chi connectivity index (χ1n) is 37.5. The first-order chi connectivity index (χ1) is 46.7. The van der Waals surface area contributed by atoms with E-state index < -0.39 is 97.5 Å². The van der Waals surface area contributed by atoms with Crippen molar-refractivity contribution in [1.29, 1.82) is 0 Å². The van der Waals surface area contributed by atoms with Gasteiger partial charge in [-0.1, -0.05) is 279 Å². The van der Waals surface area contributed by atoms with E-state index >= 15 is 0 Å². The first kappa shape index (κ1) is 92.0. The number of hydrogen-bond donors (Lipinski definition) is 3. The maximum absolute atomic E-state index is 13.1. The van der Waals surface area contributed by atoms with Crippen molar-refractivity contribution >= 4 is 39.5 Å². The molecule has 5 unspecified atom stereocenters. The number of carbonyl (C=O) groups is 4. The lowest BCUT2D eigenvalue weighted by Crippen LogP contribution is -2.30. The molecular weight excluding hydrogens is 1260 g/mol. The molecule has 3 N–H and O–H groups in total. The molecule has 0 aliphatic carbocycles. The van der Waals surface area contributed by atoms with Crippen LogP contribution in [-0.2, 0) is 65.4 Å². The average molecular weight is 1390 g/mol. The average Bonchev–Trinajstić information content (AvgIpc) is 1.14. The molecule has 0 aliphatic heterocycles. The fourth-order valence-electron chi connectivity index (χ4n) is 9.86. The van der Waals surface area contributed by atoms with Crippen LogP contribution in [0.1, 0.15) is 310 Å². The summed E-state index contributed by atoms with van der Waals surface area (Å²) in [7, 11) is -9.97. The standard InChI is InChI=1S/C77H134O17P2/c1-5-9-13-17-21-25-29-33-35-39-41-45-49-53-57-61-74(79)87-67-72(93-76(81)63-59-55-51-47-43-37-31-27-23-19-15-11-7-3)69-91-95(83,84)89-65-71(78)66-90-96(85,86)92-70-73(94-77(82)64-60-56-52-48-44-38-32-28-24-20-16-12-8-4)68-88-75(80)62-58-54-50-46-42-40-36-34-30-26-22-18-14-10-6-2/h9,13,16,20-21,25,27-28,31-33,35,41,45,53,57,71-73,78H,5-8,10-12,14-15,17-19,22-24,26,29-30,34,36-40,42-44,46-52,54-56,58-70H2,1-4H3,(H,83,84)(H,85,86)/b13-9-,20-16-,25-21-,31-27-,32-28-,35-33-,45-41-,57-53-. The Morgan fingerprint density at radius 3 is 0.990 bits per heavy atom. The monoisotopic (exact) mass is 1390 g/mol. The molecule has 5 atom stereocenters. The number of aliphatic hydroxyl groups is 1. The zero-order valence-corrected chi connectivity index (χ0v) is 62.1. The lowest BCUT2D eigenvalue weighted by atomic mass is 10.0. The second-order valence-electron chi connectivity index (χ2n) is 24.9. The van der Waals surface area contributed by atoms with Gasteiger partial charge in [0.2, 0.25) is 0 Å². The third-order valence-corrected chi connectivity index (χ3v) is 17.4. The number of hydrogen-bond acceptors (Lipinski definition) is 15. The Bertz CT molecular complexity index is 2200. The number of carbonyl (C=O) groups excluding carboxylic acids is 4. The van der Waals surface area contributed by atoms with E-state index in [1.54, 1.807) is 6.08 Å². The Morgan fingerprint density at radius 1 is 0.312 bits per heavy atom. The van der Waals surface area contributed by atoms with Gasteiger partial charge in [-0.25, -0.2) is 9.13 Å². The van der Waals surface area contributed by atoms with Gasteiger partial charge in [-0.2, -0.15) is 0 Å². The Kier molecular flexibility index (Phi) is 66.6. The van der Waals surface area contributed by atoms with Crippen LogP contribution in [0.25, 0.3) is 0 Å². The minimum atomic E-state index is -4.99. The number of allylic oxidation sites excluding steroid dienone is 15. The molecule has 0 amide bonds. The normalized spacial score (nSPS) is 14.5. The highest BCUT2D eigenvalue weighted by Crippen LogP contribution is 2.45. The van der Waals surface area contributed by atoms with Gasteiger partial charge >= 0.3 is 39.5 Å². The highest BCUT2D eigenvalue weighted by molar-refractivity contribution is 7.47. The van der Waals surface area contributed by atoms with Crippen LogP contribution in [-0.4, -0.2) is 96.7 Å². The van der Waals surface area contributed by atoms with Crippen molar-refractivity contribution in [3.05, 3.63) is 97.2 Å². The summed E-state index contributed by atoms with van der Waals surface area (Å²) in [5.41, 5.74) is 0. The molecule has 0 saturated heterocycles. The summed E-state index contributed by atoms with van der Waals surface area (Å²) in [6.07, 6.45) is 71.5. The lowest BCUT2D eigenvalue weighted by Gasteiger charge is -2.21. The van der Waals surface area contributed by atoms with E-state index in [2.05, 4.69) is 101 Å². The predicted molar refractivity (Wildman–Crippen MR) is 390 cm³/mol. The van der Waals surface area contributed by atoms with Crippen molar-refractivity contribution in [2.45, 2.75) is 329 Å². The van der Waals surface area contributed by atoms with Crippen molar-refractivity contribution < 1.29 is 80.2 Å². The molecule has 0 aromatic heterocycles. The second kappa shape index (κ2) is 69.5. The molecule has 0 aromatic carbocycles. The zero-order valence-electron chi connectivity index (χ0n) is 60.3. The topological polar surface area (TPSA) is 237 Å². The molecule has 554 valence electrons. The molecule has 0 radical (unpaired) electrons.